The zero-order valence-corrected chi connectivity index (χ0v) is 19.1. The standard InChI is InChI=1S/C21H24N4O4S2/c1-14-4-3-5-15-13-29-21(26)25(19(14)15)16-6-10-24(11-7-16)31(27,28)20-17-12-22-30-18(17)8-9-23(20)2/h3-5,8,12,16H,6-7,9-11,13H2,1-2H3. The summed E-state index contributed by atoms with van der Waals surface area (Å²) < 4.78 is 39.0. The lowest BCUT2D eigenvalue weighted by molar-refractivity contribution is 0.135. The smallest absolute Gasteiger partial charge is 0.414 e. The van der Waals surface area contributed by atoms with Crippen LogP contribution in [0, 0.1) is 6.92 Å². The molecular formula is C21H24N4O4S2. The van der Waals surface area contributed by atoms with E-state index in [9.17, 15) is 13.2 Å². The van der Waals surface area contributed by atoms with E-state index in [-0.39, 0.29) is 18.7 Å². The number of aryl methyl sites for hydroxylation is 1. The molecule has 3 aliphatic heterocycles. The Kier molecular flexibility index (Phi) is 5.03. The van der Waals surface area contributed by atoms with E-state index >= 15 is 0 Å². The molecule has 0 spiro atoms. The second-order valence-corrected chi connectivity index (χ2v) is 10.8. The van der Waals surface area contributed by atoms with Crippen LogP contribution in [-0.4, -0.2) is 60.8 Å². The van der Waals surface area contributed by atoms with Crippen molar-refractivity contribution >= 4 is 44.4 Å². The van der Waals surface area contributed by atoms with Crippen LogP contribution in [-0.2, 0) is 21.4 Å². The Morgan fingerprint density at radius 2 is 2.00 bits per heavy atom. The molecule has 3 aliphatic rings. The number of hydrogen-bond donors (Lipinski definition) is 0. The first kappa shape index (κ1) is 20.5. The maximum absolute atomic E-state index is 13.5. The zero-order valence-electron chi connectivity index (χ0n) is 17.4. The lowest BCUT2D eigenvalue weighted by atomic mass is 10.00. The van der Waals surface area contributed by atoms with E-state index in [0.717, 1.165) is 21.3 Å². The highest BCUT2D eigenvalue weighted by atomic mass is 32.2. The topological polar surface area (TPSA) is 83.1 Å². The van der Waals surface area contributed by atoms with E-state index in [4.69, 9.17) is 4.74 Å². The second-order valence-electron chi connectivity index (χ2n) is 8.14. The number of amides is 1. The van der Waals surface area contributed by atoms with E-state index in [1.54, 1.807) is 23.0 Å². The van der Waals surface area contributed by atoms with Gasteiger partial charge in [0.25, 0.3) is 10.0 Å². The number of fused-ring (bicyclic) bond motifs is 2. The molecule has 0 bridgehead atoms. The number of aromatic nitrogens is 1. The van der Waals surface area contributed by atoms with Crippen LogP contribution < -0.4 is 14.7 Å². The van der Waals surface area contributed by atoms with Gasteiger partial charge in [-0.25, -0.2) is 13.2 Å². The van der Waals surface area contributed by atoms with Crippen molar-refractivity contribution in [2.24, 2.45) is 0 Å². The number of hydrogen-bond acceptors (Lipinski definition) is 7. The molecule has 1 aromatic carbocycles. The predicted molar refractivity (Wildman–Crippen MR) is 119 cm³/mol. The molecule has 8 nitrogen and oxygen atoms in total. The van der Waals surface area contributed by atoms with Crippen molar-refractivity contribution in [2.45, 2.75) is 32.4 Å². The molecule has 1 amide bonds. The van der Waals surface area contributed by atoms with Gasteiger partial charge in [0, 0.05) is 43.5 Å². The summed E-state index contributed by atoms with van der Waals surface area (Å²) in [5, 5.41) is 0.987. The van der Waals surface area contributed by atoms with Gasteiger partial charge >= 0.3 is 6.09 Å². The molecule has 0 N–H and O–H groups in total. The third-order valence-electron chi connectivity index (χ3n) is 6.21. The average Bonchev–Trinajstić information content (AvgIpc) is 3.22. The Hall–Kier alpha value is -2.43. The quantitative estimate of drug-likeness (QED) is 0.685. The fourth-order valence-corrected chi connectivity index (χ4v) is 7.25. The lowest BCUT2D eigenvalue weighted by Gasteiger charge is -2.41. The maximum Gasteiger partial charge on any atom is 0.414 e. The molecule has 0 aliphatic carbocycles. The number of piperidine rings is 1. The Labute approximate surface area is 185 Å². The molecule has 0 radical (unpaired) electrons. The van der Waals surface area contributed by atoms with Crippen LogP contribution in [0.5, 0.6) is 0 Å². The van der Waals surface area contributed by atoms with Gasteiger partial charge in [0.2, 0.25) is 0 Å². The lowest BCUT2D eigenvalue weighted by Crippen LogP contribution is -2.52. The van der Waals surface area contributed by atoms with Crippen molar-refractivity contribution < 1.29 is 17.9 Å². The molecule has 10 heteroatoms. The Balaban J connectivity index is 1.42. The molecule has 0 atom stereocenters. The molecule has 164 valence electrons. The number of anilines is 1. The monoisotopic (exact) mass is 460 g/mol. The minimum atomic E-state index is -3.67. The van der Waals surface area contributed by atoms with Gasteiger partial charge in [0.05, 0.1) is 16.4 Å². The second kappa shape index (κ2) is 7.61. The van der Waals surface area contributed by atoms with Crippen LogP contribution >= 0.6 is 11.5 Å². The fourth-order valence-electron chi connectivity index (χ4n) is 4.68. The molecule has 4 heterocycles. The summed E-state index contributed by atoms with van der Waals surface area (Å²) in [5.74, 6) is 0. The van der Waals surface area contributed by atoms with Gasteiger partial charge in [0.1, 0.15) is 6.61 Å². The minimum absolute atomic E-state index is 0.0973. The van der Waals surface area contributed by atoms with Crippen molar-refractivity contribution in [3.63, 3.8) is 0 Å². The number of carbonyl (C=O) groups excluding carboxylic acids is 1. The molecule has 1 saturated heterocycles. The average molecular weight is 461 g/mol. The first-order chi connectivity index (χ1) is 14.9. The van der Waals surface area contributed by atoms with Crippen LogP contribution in [0.25, 0.3) is 11.1 Å². The van der Waals surface area contributed by atoms with E-state index in [1.807, 2.05) is 31.2 Å². The first-order valence-electron chi connectivity index (χ1n) is 10.3. The zero-order chi connectivity index (χ0) is 21.8. The van der Waals surface area contributed by atoms with Crippen LogP contribution in [0.15, 0.2) is 24.4 Å². The highest BCUT2D eigenvalue weighted by Gasteiger charge is 2.39. The van der Waals surface area contributed by atoms with Crippen LogP contribution in [0.3, 0.4) is 0 Å². The molecule has 31 heavy (non-hydrogen) atoms. The number of cyclic esters (lactones) is 1. The third-order valence-corrected chi connectivity index (χ3v) is 9.07. The number of rotatable bonds is 3. The van der Waals surface area contributed by atoms with Gasteiger partial charge in [-0.1, -0.05) is 18.2 Å². The number of para-hydroxylation sites is 1. The van der Waals surface area contributed by atoms with Gasteiger partial charge < -0.3 is 9.64 Å². The first-order valence-corrected chi connectivity index (χ1v) is 12.5. The Morgan fingerprint density at radius 1 is 1.23 bits per heavy atom. The molecule has 1 fully saturated rings. The maximum atomic E-state index is 13.5. The van der Waals surface area contributed by atoms with Crippen LogP contribution in [0.4, 0.5) is 10.5 Å². The van der Waals surface area contributed by atoms with Crippen molar-refractivity contribution in [3.8, 4) is 0 Å². The summed E-state index contributed by atoms with van der Waals surface area (Å²) in [7, 11) is -1.87. The summed E-state index contributed by atoms with van der Waals surface area (Å²) in [6, 6.07) is 5.83. The fraction of sp³-hybridized carbons (Fsp3) is 0.429. The van der Waals surface area contributed by atoms with Gasteiger partial charge in [-0.05, 0) is 42.9 Å². The number of benzene rings is 1. The van der Waals surface area contributed by atoms with E-state index in [0.29, 0.717) is 42.7 Å². The van der Waals surface area contributed by atoms with E-state index in [1.165, 1.54) is 15.8 Å². The molecule has 0 unspecified atom stereocenters. The number of nitrogens with zero attached hydrogens (tertiary/aromatic N) is 4. The highest BCUT2D eigenvalue weighted by Crippen LogP contribution is 2.35. The summed E-state index contributed by atoms with van der Waals surface area (Å²) in [5.41, 5.74) is 2.92. The van der Waals surface area contributed by atoms with Crippen molar-refractivity contribution in [1.29, 1.82) is 0 Å². The normalized spacial score (nSPS) is 20.2. The van der Waals surface area contributed by atoms with Gasteiger partial charge in [0.15, 0.2) is 5.03 Å². The molecule has 5 rings (SSSR count). The third kappa shape index (κ3) is 3.33. The Morgan fingerprint density at radius 3 is 2.77 bits per heavy atom. The molecule has 2 aromatic rings. The van der Waals surface area contributed by atoms with Gasteiger partial charge in [-0.15, -0.1) is 0 Å². The summed E-state index contributed by atoms with van der Waals surface area (Å²) >= 11 is 1.31. The summed E-state index contributed by atoms with van der Waals surface area (Å²) in [6.45, 7) is 3.51. The van der Waals surface area contributed by atoms with Gasteiger partial charge in [-0.3, -0.25) is 4.90 Å². The molecular weight excluding hydrogens is 436 g/mol. The largest absolute Gasteiger partial charge is 0.444 e. The molecule has 0 saturated carbocycles. The van der Waals surface area contributed by atoms with Crippen molar-refractivity contribution in [3.05, 3.63) is 45.3 Å². The number of carbonyl (C=O) groups is 1. The summed E-state index contributed by atoms with van der Waals surface area (Å²) in [4.78, 5) is 16.1. The van der Waals surface area contributed by atoms with E-state index in [2.05, 4.69) is 4.37 Å². The van der Waals surface area contributed by atoms with Crippen molar-refractivity contribution in [1.82, 2.24) is 13.6 Å². The van der Waals surface area contributed by atoms with Gasteiger partial charge in [-0.2, -0.15) is 8.68 Å². The predicted octanol–water partition coefficient (Wildman–Crippen LogP) is 1.19. The molecule has 1 aromatic heterocycles. The van der Waals surface area contributed by atoms with E-state index < -0.39 is 10.0 Å². The minimum Gasteiger partial charge on any atom is -0.444 e. The number of ether oxygens (including phenoxy) is 1. The summed E-state index contributed by atoms with van der Waals surface area (Å²) in [6.07, 6.45) is 4.39. The SMILES string of the molecule is Cc1cccc2c1N(C1CCN(S(=O)(=O)C3=c4cnsc4=CCN3C)CC1)C(=O)OC2. The highest BCUT2D eigenvalue weighted by molar-refractivity contribution is 7.97. The van der Waals surface area contributed by atoms with Crippen molar-refractivity contribution in [2.75, 3.05) is 31.6 Å². The Bertz CT molecular complexity index is 1260. The van der Waals surface area contributed by atoms with Crippen LogP contribution in [0.2, 0.25) is 0 Å². The van der Waals surface area contributed by atoms with Crippen LogP contribution in [0.1, 0.15) is 24.0 Å². The number of sulfonamides is 1.